The van der Waals surface area contributed by atoms with E-state index in [0.29, 0.717) is 6.54 Å². The highest BCUT2D eigenvalue weighted by atomic mass is 127. The lowest BCUT2D eigenvalue weighted by Crippen LogP contribution is -2.41. The smallest absolute Gasteiger partial charge is 0.191 e. The van der Waals surface area contributed by atoms with Crippen LogP contribution in [0.4, 0.5) is 0 Å². The van der Waals surface area contributed by atoms with Crippen molar-refractivity contribution in [3.63, 3.8) is 0 Å². The molecule has 0 radical (unpaired) electrons. The van der Waals surface area contributed by atoms with Crippen molar-refractivity contribution >= 4 is 29.9 Å². The van der Waals surface area contributed by atoms with Crippen molar-refractivity contribution < 1.29 is 4.74 Å². The zero-order valence-corrected chi connectivity index (χ0v) is 20.7. The van der Waals surface area contributed by atoms with E-state index in [1.807, 2.05) is 0 Å². The van der Waals surface area contributed by atoms with Gasteiger partial charge in [0.05, 0.1) is 6.54 Å². The highest BCUT2D eigenvalue weighted by molar-refractivity contribution is 14.0. The first-order valence-electron chi connectivity index (χ1n) is 10.0. The van der Waals surface area contributed by atoms with Crippen LogP contribution in [0.3, 0.4) is 0 Å². The Morgan fingerprint density at radius 1 is 1.07 bits per heavy atom. The molecule has 0 saturated heterocycles. The highest BCUT2D eigenvalue weighted by Crippen LogP contribution is 2.08. The summed E-state index contributed by atoms with van der Waals surface area (Å²) in [5, 5.41) is 6.75. The Hall–Kier alpha value is -0.900. The zero-order chi connectivity index (χ0) is 19.9. The van der Waals surface area contributed by atoms with Crippen molar-refractivity contribution in [1.82, 2.24) is 20.4 Å². The fourth-order valence-electron chi connectivity index (χ4n) is 2.72. The van der Waals surface area contributed by atoms with E-state index in [-0.39, 0.29) is 24.0 Å². The normalized spacial score (nSPS) is 11.6. The van der Waals surface area contributed by atoms with Crippen molar-refractivity contribution in [2.75, 3.05) is 60.5 Å². The second-order valence-electron chi connectivity index (χ2n) is 6.92. The predicted molar refractivity (Wildman–Crippen MR) is 131 cm³/mol. The SMILES string of the molecule is CCNC(=NCc1cccc(CN(C)CC)c1)NCCN(C)CCCOC.I. The Labute approximate surface area is 189 Å². The summed E-state index contributed by atoms with van der Waals surface area (Å²) >= 11 is 0. The number of benzene rings is 1. The number of rotatable bonds is 13. The molecule has 0 aliphatic heterocycles. The Kier molecular flexibility index (Phi) is 16.5. The van der Waals surface area contributed by atoms with Gasteiger partial charge in [-0.1, -0.05) is 31.2 Å². The molecule has 1 aromatic carbocycles. The minimum Gasteiger partial charge on any atom is -0.385 e. The molecule has 0 fully saturated rings. The van der Waals surface area contributed by atoms with Crippen LogP contribution in [0.1, 0.15) is 31.4 Å². The molecule has 7 heteroatoms. The second kappa shape index (κ2) is 17.0. The number of likely N-dealkylation sites (N-methyl/N-ethyl adjacent to an activating group) is 1. The minimum absolute atomic E-state index is 0. The van der Waals surface area contributed by atoms with Gasteiger partial charge in [0.2, 0.25) is 0 Å². The quantitative estimate of drug-likeness (QED) is 0.187. The molecule has 0 aliphatic carbocycles. The molecular weight excluding hydrogens is 465 g/mol. The molecule has 0 aliphatic rings. The van der Waals surface area contributed by atoms with E-state index in [4.69, 9.17) is 9.73 Å². The van der Waals surface area contributed by atoms with Crippen LogP contribution in [0.25, 0.3) is 0 Å². The molecule has 1 aromatic rings. The minimum atomic E-state index is 0. The molecule has 0 bridgehead atoms. The fourth-order valence-corrected chi connectivity index (χ4v) is 2.72. The molecule has 0 atom stereocenters. The molecule has 0 unspecified atom stereocenters. The maximum Gasteiger partial charge on any atom is 0.191 e. The van der Waals surface area contributed by atoms with Crippen LogP contribution in [-0.4, -0.2) is 76.3 Å². The van der Waals surface area contributed by atoms with Crippen molar-refractivity contribution in [2.24, 2.45) is 4.99 Å². The van der Waals surface area contributed by atoms with Crippen LogP contribution in [0, 0.1) is 0 Å². The number of aliphatic imine (C=N–C) groups is 1. The van der Waals surface area contributed by atoms with Crippen molar-refractivity contribution in [2.45, 2.75) is 33.4 Å². The summed E-state index contributed by atoms with van der Waals surface area (Å²) in [4.78, 5) is 9.35. The fraction of sp³-hybridized carbons (Fsp3) is 0.667. The maximum atomic E-state index is 5.10. The maximum absolute atomic E-state index is 5.10. The molecule has 28 heavy (non-hydrogen) atoms. The number of methoxy groups -OCH3 is 1. The van der Waals surface area contributed by atoms with Gasteiger partial charge in [0.25, 0.3) is 0 Å². The lowest BCUT2D eigenvalue weighted by molar-refractivity contribution is 0.180. The number of hydrogen-bond donors (Lipinski definition) is 2. The standard InChI is InChI=1S/C21H39N5O.HI/c1-6-22-21(23-12-14-26(4)13-9-15-27-5)24-17-19-10-8-11-20(16-19)18-25(3)7-2;/h8,10-11,16H,6-7,9,12-15,17-18H2,1-5H3,(H2,22,23,24);1H. The number of nitrogens with one attached hydrogen (secondary N) is 2. The Morgan fingerprint density at radius 3 is 2.50 bits per heavy atom. The van der Waals surface area contributed by atoms with E-state index < -0.39 is 0 Å². The van der Waals surface area contributed by atoms with E-state index in [9.17, 15) is 0 Å². The zero-order valence-electron chi connectivity index (χ0n) is 18.3. The Morgan fingerprint density at radius 2 is 1.82 bits per heavy atom. The van der Waals surface area contributed by atoms with Gasteiger partial charge in [-0.05, 0) is 45.1 Å². The molecular formula is C21H40IN5O. The molecule has 0 spiro atoms. The first-order valence-corrected chi connectivity index (χ1v) is 10.0. The summed E-state index contributed by atoms with van der Waals surface area (Å²) in [6.45, 7) is 11.5. The van der Waals surface area contributed by atoms with Gasteiger partial charge >= 0.3 is 0 Å². The lowest BCUT2D eigenvalue weighted by Gasteiger charge is -2.18. The number of ether oxygens (including phenoxy) is 1. The third-order valence-electron chi connectivity index (χ3n) is 4.42. The van der Waals surface area contributed by atoms with Gasteiger partial charge in [0, 0.05) is 46.4 Å². The molecule has 0 saturated carbocycles. The van der Waals surface area contributed by atoms with Crippen molar-refractivity contribution in [3.8, 4) is 0 Å². The molecule has 2 N–H and O–H groups in total. The van der Waals surface area contributed by atoms with E-state index in [1.165, 1.54) is 11.1 Å². The molecule has 1 rings (SSSR count). The average Bonchev–Trinajstić information content (AvgIpc) is 2.66. The summed E-state index contributed by atoms with van der Waals surface area (Å²) < 4.78 is 5.10. The van der Waals surface area contributed by atoms with E-state index in [0.717, 1.165) is 58.3 Å². The van der Waals surface area contributed by atoms with E-state index in [2.05, 4.69) is 72.6 Å². The number of nitrogens with zero attached hydrogens (tertiary/aromatic N) is 3. The largest absolute Gasteiger partial charge is 0.385 e. The summed E-state index contributed by atoms with van der Waals surface area (Å²) in [5.74, 6) is 0.874. The summed E-state index contributed by atoms with van der Waals surface area (Å²) in [7, 11) is 6.03. The summed E-state index contributed by atoms with van der Waals surface area (Å²) in [6, 6.07) is 8.70. The average molecular weight is 505 g/mol. The predicted octanol–water partition coefficient (Wildman–Crippen LogP) is 2.78. The number of guanidine groups is 1. The van der Waals surface area contributed by atoms with Gasteiger partial charge < -0.3 is 25.2 Å². The van der Waals surface area contributed by atoms with Gasteiger partial charge in [0.1, 0.15) is 0 Å². The van der Waals surface area contributed by atoms with Crippen molar-refractivity contribution in [3.05, 3.63) is 35.4 Å². The number of hydrogen-bond acceptors (Lipinski definition) is 4. The van der Waals surface area contributed by atoms with E-state index in [1.54, 1.807) is 7.11 Å². The second-order valence-corrected chi connectivity index (χ2v) is 6.92. The van der Waals surface area contributed by atoms with Crippen LogP contribution >= 0.6 is 24.0 Å². The van der Waals surface area contributed by atoms with Crippen LogP contribution < -0.4 is 10.6 Å². The molecule has 6 nitrogen and oxygen atoms in total. The first kappa shape index (κ1) is 27.1. The van der Waals surface area contributed by atoms with Gasteiger partial charge in [-0.15, -0.1) is 24.0 Å². The number of halogens is 1. The van der Waals surface area contributed by atoms with Crippen LogP contribution in [0.15, 0.2) is 29.3 Å². The molecule has 0 aromatic heterocycles. The third kappa shape index (κ3) is 12.5. The Balaban J connectivity index is 0.00000729. The topological polar surface area (TPSA) is 52.1 Å². The van der Waals surface area contributed by atoms with Gasteiger partial charge in [-0.25, -0.2) is 4.99 Å². The van der Waals surface area contributed by atoms with Gasteiger partial charge in [-0.2, -0.15) is 0 Å². The summed E-state index contributed by atoms with van der Waals surface area (Å²) in [5.41, 5.74) is 2.58. The molecule has 162 valence electrons. The summed E-state index contributed by atoms with van der Waals surface area (Å²) in [6.07, 6.45) is 1.06. The van der Waals surface area contributed by atoms with Crippen LogP contribution in [-0.2, 0) is 17.8 Å². The first-order chi connectivity index (χ1) is 13.1. The van der Waals surface area contributed by atoms with Crippen molar-refractivity contribution in [1.29, 1.82) is 0 Å². The van der Waals surface area contributed by atoms with Crippen LogP contribution in [0.2, 0.25) is 0 Å². The van der Waals surface area contributed by atoms with Crippen LogP contribution in [0.5, 0.6) is 0 Å². The Bertz CT molecular complexity index is 541. The highest BCUT2D eigenvalue weighted by Gasteiger charge is 2.02. The van der Waals surface area contributed by atoms with E-state index >= 15 is 0 Å². The monoisotopic (exact) mass is 505 g/mol. The third-order valence-corrected chi connectivity index (χ3v) is 4.42. The molecule has 0 amide bonds. The lowest BCUT2D eigenvalue weighted by atomic mass is 10.1. The molecule has 0 heterocycles. The van der Waals surface area contributed by atoms with Gasteiger partial charge in [0.15, 0.2) is 5.96 Å². The van der Waals surface area contributed by atoms with Gasteiger partial charge in [-0.3, -0.25) is 0 Å².